The van der Waals surface area contributed by atoms with Crippen molar-refractivity contribution in [3.8, 4) is 34.1 Å². The molecule has 0 fully saturated rings. The van der Waals surface area contributed by atoms with Crippen molar-refractivity contribution in [3.05, 3.63) is 36.4 Å². The standard InChI is InChI=1S/C23H32O4/c1-6-7-8-9-10-17(2)27-19-13-11-18(12-14-19)23-21(25-4)15-20(24-3)16-22(23)26-5/h11-17H,6-10H2,1-5H3. The van der Waals surface area contributed by atoms with Gasteiger partial charge in [-0.3, -0.25) is 0 Å². The van der Waals surface area contributed by atoms with Crippen LogP contribution in [0.3, 0.4) is 0 Å². The van der Waals surface area contributed by atoms with Gasteiger partial charge in [0, 0.05) is 12.1 Å². The molecule has 0 aliphatic rings. The Morgan fingerprint density at radius 1 is 0.778 bits per heavy atom. The number of hydrogen-bond acceptors (Lipinski definition) is 4. The lowest BCUT2D eigenvalue weighted by Crippen LogP contribution is -2.11. The lowest BCUT2D eigenvalue weighted by Gasteiger charge is -2.17. The predicted octanol–water partition coefficient (Wildman–Crippen LogP) is 6.12. The minimum atomic E-state index is 0.220. The molecule has 4 nitrogen and oxygen atoms in total. The Kier molecular flexibility index (Phi) is 8.31. The zero-order valence-corrected chi connectivity index (χ0v) is 17.2. The maximum Gasteiger partial charge on any atom is 0.134 e. The van der Waals surface area contributed by atoms with Gasteiger partial charge in [-0.05, 0) is 37.5 Å². The quantitative estimate of drug-likeness (QED) is 0.445. The van der Waals surface area contributed by atoms with E-state index in [2.05, 4.69) is 13.8 Å². The third-order valence-electron chi connectivity index (χ3n) is 4.66. The van der Waals surface area contributed by atoms with Crippen LogP contribution in [0.5, 0.6) is 23.0 Å². The Labute approximate surface area is 163 Å². The fraction of sp³-hybridized carbons (Fsp3) is 0.478. The van der Waals surface area contributed by atoms with Crippen molar-refractivity contribution in [3.63, 3.8) is 0 Å². The number of benzene rings is 2. The number of ether oxygens (including phenoxy) is 4. The Morgan fingerprint density at radius 3 is 1.93 bits per heavy atom. The molecule has 0 aliphatic heterocycles. The predicted molar refractivity (Wildman–Crippen MR) is 110 cm³/mol. The van der Waals surface area contributed by atoms with Crippen molar-refractivity contribution in [2.45, 2.75) is 52.1 Å². The summed E-state index contributed by atoms with van der Waals surface area (Å²) in [5.41, 5.74) is 1.91. The van der Waals surface area contributed by atoms with Gasteiger partial charge in [0.05, 0.1) is 33.0 Å². The van der Waals surface area contributed by atoms with E-state index in [0.29, 0.717) is 17.2 Å². The van der Waals surface area contributed by atoms with Gasteiger partial charge in [-0.2, -0.15) is 0 Å². The molecule has 148 valence electrons. The van der Waals surface area contributed by atoms with Crippen LogP contribution in [-0.4, -0.2) is 27.4 Å². The van der Waals surface area contributed by atoms with Gasteiger partial charge in [0.25, 0.3) is 0 Å². The minimum Gasteiger partial charge on any atom is -0.496 e. The van der Waals surface area contributed by atoms with Gasteiger partial charge in [0.15, 0.2) is 0 Å². The van der Waals surface area contributed by atoms with Gasteiger partial charge in [-0.15, -0.1) is 0 Å². The van der Waals surface area contributed by atoms with E-state index in [0.717, 1.165) is 23.3 Å². The van der Waals surface area contributed by atoms with Gasteiger partial charge >= 0.3 is 0 Å². The summed E-state index contributed by atoms with van der Waals surface area (Å²) in [6, 6.07) is 11.8. The molecular formula is C23H32O4. The highest BCUT2D eigenvalue weighted by atomic mass is 16.5. The van der Waals surface area contributed by atoms with Crippen molar-refractivity contribution < 1.29 is 18.9 Å². The average Bonchev–Trinajstić information content (AvgIpc) is 2.70. The van der Waals surface area contributed by atoms with Crippen LogP contribution in [0.4, 0.5) is 0 Å². The fourth-order valence-electron chi connectivity index (χ4n) is 3.14. The smallest absolute Gasteiger partial charge is 0.134 e. The van der Waals surface area contributed by atoms with Crippen LogP contribution in [0, 0.1) is 0 Å². The second-order valence-corrected chi connectivity index (χ2v) is 6.71. The summed E-state index contributed by atoms with van der Waals surface area (Å²) in [6.45, 7) is 4.36. The van der Waals surface area contributed by atoms with Crippen molar-refractivity contribution >= 4 is 0 Å². The highest BCUT2D eigenvalue weighted by Crippen LogP contribution is 2.42. The second-order valence-electron chi connectivity index (χ2n) is 6.71. The van der Waals surface area contributed by atoms with E-state index >= 15 is 0 Å². The first-order valence-electron chi connectivity index (χ1n) is 9.70. The molecule has 0 bridgehead atoms. The summed E-state index contributed by atoms with van der Waals surface area (Å²) >= 11 is 0. The maximum atomic E-state index is 6.05. The van der Waals surface area contributed by atoms with Crippen molar-refractivity contribution in [1.82, 2.24) is 0 Å². The average molecular weight is 373 g/mol. The SMILES string of the molecule is CCCCCCC(C)Oc1ccc(-c2c(OC)cc(OC)cc2OC)cc1. The lowest BCUT2D eigenvalue weighted by atomic mass is 10.0. The molecule has 1 atom stereocenters. The number of rotatable bonds is 11. The Bertz CT molecular complexity index is 669. The van der Waals surface area contributed by atoms with Crippen LogP contribution in [0.2, 0.25) is 0 Å². The van der Waals surface area contributed by atoms with E-state index in [1.807, 2.05) is 36.4 Å². The van der Waals surface area contributed by atoms with Crippen LogP contribution >= 0.6 is 0 Å². The maximum absolute atomic E-state index is 6.05. The molecule has 2 aromatic carbocycles. The summed E-state index contributed by atoms with van der Waals surface area (Å²) in [4.78, 5) is 0. The number of unbranched alkanes of at least 4 members (excludes halogenated alkanes) is 3. The van der Waals surface area contributed by atoms with Gasteiger partial charge in [-0.1, -0.05) is 38.3 Å². The molecule has 0 aliphatic carbocycles. The molecule has 0 aromatic heterocycles. The van der Waals surface area contributed by atoms with Crippen LogP contribution in [-0.2, 0) is 0 Å². The first kappa shape index (κ1) is 20.9. The number of hydrogen-bond donors (Lipinski definition) is 0. The Hall–Kier alpha value is -2.36. The van der Waals surface area contributed by atoms with E-state index in [1.165, 1.54) is 25.7 Å². The minimum absolute atomic E-state index is 0.220. The van der Waals surface area contributed by atoms with Gasteiger partial charge in [-0.25, -0.2) is 0 Å². The molecule has 0 heterocycles. The first-order valence-corrected chi connectivity index (χ1v) is 9.70. The Balaban J connectivity index is 2.13. The molecule has 0 amide bonds. The van der Waals surface area contributed by atoms with Crippen LogP contribution < -0.4 is 18.9 Å². The van der Waals surface area contributed by atoms with E-state index in [-0.39, 0.29) is 6.10 Å². The molecule has 1 unspecified atom stereocenters. The van der Waals surface area contributed by atoms with E-state index < -0.39 is 0 Å². The largest absolute Gasteiger partial charge is 0.496 e. The van der Waals surface area contributed by atoms with E-state index in [4.69, 9.17) is 18.9 Å². The summed E-state index contributed by atoms with van der Waals surface area (Å²) in [5.74, 6) is 3.01. The molecule has 0 radical (unpaired) electrons. The lowest BCUT2D eigenvalue weighted by molar-refractivity contribution is 0.206. The molecule has 0 spiro atoms. The summed E-state index contributed by atoms with van der Waals surface area (Å²) in [5, 5.41) is 0. The van der Waals surface area contributed by atoms with Crippen LogP contribution in [0.1, 0.15) is 46.0 Å². The zero-order chi connectivity index (χ0) is 19.6. The first-order chi connectivity index (χ1) is 13.1. The zero-order valence-electron chi connectivity index (χ0n) is 17.2. The molecule has 2 rings (SSSR count). The van der Waals surface area contributed by atoms with Crippen LogP contribution in [0.25, 0.3) is 11.1 Å². The highest BCUT2D eigenvalue weighted by molar-refractivity contribution is 5.78. The van der Waals surface area contributed by atoms with Gasteiger partial charge < -0.3 is 18.9 Å². The monoisotopic (exact) mass is 372 g/mol. The van der Waals surface area contributed by atoms with Crippen LogP contribution in [0.15, 0.2) is 36.4 Å². The normalized spacial score (nSPS) is 11.7. The van der Waals surface area contributed by atoms with Crippen molar-refractivity contribution in [2.75, 3.05) is 21.3 Å². The summed E-state index contributed by atoms with van der Waals surface area (Å²) < 4.78 is 22.5. The molecular weight excluding hydrogens is 340 g/mol. The Morgan fingerprint density at radius 2 is 1.41 bits per heavy atom. The topological polar surface area (TPSA) is 36.9 Å². The van der Waals surface area contributed by atoms with E-state index in [9.17, 15) is 0 Å². The molecule has 0 saturated heterocycles. The fourth-order valence-corrected chi connectivity index (χ4v) is 3.14. The number of methoxy groups -OCH3 is 3. The molecule has 4 heteroatoms. The molecule has 27 heavy (non-hydrogen) atoms. The summed E-state index contributed by atoms with van der Waals surface area (Å²) in [7, 11) is 4.92. The van der Waals surface area contributed by atoms with Crippen molar-refractivity contribution in [1.29, 1.82) is 0 Å². The van der Waals surface area contributed by atoms with Crippen molar-refractivity contribution in [2.24, 2.45) is 0 Å². The molecule has 2 aromatic rings. The third kappa shape index (κ3) is 5.81. The highest BCUT2D eigenvalue weighted by Gasteiger charge is 2.15. The van der Waals surface area contributed by atoms with Gasteiger partial charge in [0.1, 0.15) is 23.0 Å². The second kappa shape index (κ2) is 10.7. The van der Waals surface area contributed by atoms with E-state index in [1.54, 1.807) is 21.3 Å². The van der Waals surface area contributed by atoms with Gasteiger partial charge in [0.2, 0.25) is 0 Å². The molecule has 0 saturated carbocycles. The molecule has 0 N–H and O–H groups in total. The summed E-state index contributed by atoms with van der Waals surface area (Å²) in [6.07, 6.45) is 6.36. The third-order valence-corrected chi connectivity index (χ3v) is 4.66.